The average molecular weight is 463 g/mol. The normalized spacial score (nSPS) is 12.0. The number of hydrogen-bond donors (Lipinski definition) is 1. The van der Waals surface area contributed by atoms with Crippen LogP contribution in [-0.2, 0) is 35.8 Å². The van der Waals surface area contributed by atoms with E-state index in [4.69, 9.17) is 4.98 Å². The van der Waals surface area contributed by atoms with Crippen LogP contribution in [0.4, 0.5) is 0 Å². The number of aromatic nitrogens is 3. The van der Waals surface area contributed by atoms with Gasteiger partial charge in [-0.3, -0.25) is 0 Å². The molecule has 0 amide bonds. The fraction of sp³-hybridized carbons (Fsp3) is 0.308. The van der Waals surface area contributed by atoms with E-state index in [0.717, 1.165) is 41.8 Å². The number of rotatable bonds is 10. The van der Waals surface area contributed by atoms with Crippen molar-refractivity contribution in [3.8, 4) is 0 Å². The van der Waals surface area contributed by atoms with Gasteiger partial charge in [0.1, 0.15) is 11.3 Å². The molecule has 0 aliphatic rings. The van der Waals surface area contributed by atoms with Crippen LogP contribution < -0.4 is 4.72 Å². The van der Waals surface area contributed by atoms with Gasteiger partial charge in [-0.05, 0) is 54.2 Å². The van der Waals surface area contributed by atoms with Gasteiger partial charge in [-0.25, -0.2) is 23.1 Å². The lowest BCUT2D eigenvalue weighted by molar-refractivity contribution is 0.570. The molecule has 1 N–H and O–H groups in total. The van der Waals surface area contributed by atoms with Crippen LogP contribution >= 0.6 is 0 Å². The Labute approximate surface area is 195 Å². The Morgan fingerprint density at radius 2 is 1.67 bits per heavy atom. The van der Waals surface area contributed by atoms with E-state index in [1.54, 1.807) is 18.3 Å². The summed E-state index contributed by atoms with van der Waals surface area (Å²) in [7, 11) is -3.58. The highest BCUT2D eigenvalue weighted by atomic mass is 32.2. The molecule has 0 atom stereocenters. The zero-order valence-electron chi connectivity index (χ0n) is 19.1. The Kier molecular flexibility index (Phi) is 7.20. The molecule has 4 aromatic rings. The number of imidazole rings is 1. The topological polar surface area (TPSA) is 76.9 Å². The van der Waals surface area contributed by atoms with Crippen molar-refractivity contribution in [2.24, 2.45) is 5.92 Å². The number of hydrogen-bond acceptors (Lipinski definition) is 4. The minimum atomic E-state index is -3.58. The van der Waals surface area contributed by atoms with Gasteiger partial charge in [-0.2, -0.15) is 0 Å². The molecular weight excluding hydrogens is 432 g/mol. The number of pyridine rings is 1. The van der Waals surface area contributed by atoms with Crippen LogP contribution in [0, 0.1) is 5.92 Å². The fourth-order valence-electron chi connectivity index (χ4n) is 3.98. The third-order valence-corrected chi connectivity index (χ3v) is 7.04. The summed E-state index contributed by atoms with van der Waals surface area (Å²) in [5, 5.41) is 0. The first-order valence-electron chi connectivity index (χ1n) is 11.3. The van der Waals surface area contributed by atoms with E-state index in [-0.39, 0.29) is 11.4 Å². The van der Waals surface area contributed by atoms with Crippen LogP contribution in [0.1, 0.15) is 30.8 Å². The molecule has 0 spiro atoms. The van der Waals surface area contributed by atoms with Gasteiger partial charge in [0.25, 0.3) is 0 Å². The van der Waals surface area contributed by atoms with Gasteiger partial charge >= 0.3 is 0 Å². The lowest BCUT2D eigenvalue weighted by Gasteiger charge is -2.11. The van der Waals surface area contributed by atoms with Crippen LogP contribution in [0.2, 0.25) is 0 Å². The van der Waals surface area contributed by atoms with E-state index in [1.807, 2.05) is 47.0 Å². The summed E-state index contributed by atoms with van der Waals surface area (Å²) in [6, 6.07) is 21.2. The Hall–Kier alpha value is -3.03. The van der Waals surface area contributed by atoms with Crippen molar-refractivity contribution in [1.82, 2.24) is 19.3 Å². The monoisotopic (exact) mass is 462 g/mol. The highest BCUT2D eigenvalue weighted by molar-refractivity contribution is 7.89. The molecule has 0 aliphatic heterocycles. The number of aryl methyl sites for hydroxylation is 2. The number of fused-ring (bicyclic) bond motifs is 1. The number of nitrogens with one attached hydrogen (secondary N) is 1. The second kappa shape index (κ2) is 10.3. The minimum Gasteiger partial charge on any atom is -0.311 e. The Bertz CT molecular complexity index is 1300. The maximum Gasteiger partial charge on any atom is 0.240 e. The molecule has 0 saturated carbocycles. The first-order chi connectivity index (χ1) is 15.9. The molecule has 4 rings (SSSR count). The third kappa shape index (κ3) is 5.86. The van der Waals surface area contributed by atoms with Gasteiger partial charge < -0.3 is 4.57 Å². The maximum absolute atomic E-state index is 12.8. The summed E-state index contributed by atoms with van der Waals surface area (Å²) in [5.74, 6) is 1.44. The van der Waals surface area contributed by atoms with E-state index in [9.17, 15) is 8.42 Å². The summed E-state index contributed by atoms with van der Waals surface area (Å²) in [6.07, 6.45) is 4.29. The summed E-state index contributed by atoms with van der Waals surface area (Å²) in [5.41, 5.74) is 3.98. The Morgan fingerprint density at radius 1 is 0.909 bits per heavy atom. The summed E-state index contributed by atoms with van der Waals surface area (Å²) < 4.78 is 30.4. The third-order valence-electron chi connectivity index (χ3n) is 5.57. The van der Waals surface area contributed by atoms with Gasteiger partial charge in [0.2, 0.25) is 10.0 Å². The molecule has 2 aromatic heterocycles. The van der Waals surface area contributed by atoms with Gasteiger partial charge in [-0.1, -0.05) is 56.3 Å². The molecule has 2 heterocycles. The molecule has 2 aromatic carbocycles. The van der Waals surface area contributed by atoms with Crippen LogP contribution in [0.15, 0.2) is 77.8 Å². The van der Waals surface area contributed by atoms with E-state index in [2.05, 4.69) is 35.7 Å². The summed E-state index contributed by atoms with van der Waals surface area (Å²) in [4.78, 5) is 9.53. The van der Waals surface area contributed by atoms with Crippen molar-refractivity contribution < 1.29 is 8.42 Å². The van der Waals surface area contributed by atoms with Crippen LogP contribution in [0.25, 0.3) is 11.2 Å². The van der Waals surface area contributed by atoms with Crippen molar-refractivity contribution in [2.45, 2.75) is 44.6 Å². The van der Waals surface area contributed by atoms with Gasteiger partial charge in [0.15, 0.2) is 5.65 Å². The van der Waals surface area contributed by atoms with Crippen molar-refractivity contribution in [2.75, 3.05) is 6.54 Å². The fourth-order valence-corrected chi connectivity index (χ4v) is 5.00. The highest BCUT2D eigenvalue weighted by Gasteiger charge is 2.16. The molecule has 0 saturated heterocycles. The molecule has 0 fully saturated rings. The molecule has 0 unspecified atom stereocenters. The standard InChI is InChI=1S/C26H30N4O2S/c1-20(2)19-22-10-13-23(14-11-22)33(31,32)28-17-18-30-25(15-12-21-7-4-3-5-8-21)29-24-9-6-16-27-26(24)30/h3-11,13-14,16,20,28H,12,15,17-19H2,1-2H3. The lowest BCUT2D eigenvalue weighted by Crippen LogP contribution is -2.28. The van der Waals surface area contributed by atoms with Crippen LogP contribution in [-0.4, -0.2) is 29.5 Å². The largest absolute Gasteiger partial charge is 0.311 e. The maximum atomic E-state index is 12.8. The number of sulfonamides is 1. The molecule has 0 aliphatic carbocycles. The molecule has 33 heavy (non-hydrogen) atoms. The molecule has 6 nitrogen and oxygen atoms in total. The van der Waals surface area contributed by atoms with E-state index < -0.39 is 10.0 Å². The van der Waals surface area contributed by atoms with Gasteiger partial charge in [-0.15, -0.1) is 0 Å². The second-order valence-electron chi connectivity index (χ2n) is 8.65. The summed E-state index contributed by atoms with van der Waals surface area (Å²) in [6.45, 7) is 5.02. The first kappa shape index (κ1) is 23.1. The van der Waals surface area contributed by atoms with Crippen LogP contribution in [0.5, 0.6) is 0 Å². The van der Waals surface area contributed by atoms with Gasteiger partial charge in [0, 0.05) is 25.7 Å². The minimum absolute atomic E-state index is 0.260. The van der Waals surface area contributed by atoms with Crippen molar-refractivity contribution in [1.29, 1.82) is 0 Å². The first-order valence-corrected chi connectivity index (χ1v) is 12.8. The van der Waals surface area contributed by atoms with E-state index in [1.165, 1.54) is 5.56 Å². The number of benzene rings is 2. The lowest BCUT2D eigenvalue weighted by atomic mass is 10.0. The molecule has 0 bridgehead atoms. The molecule has 0 radical (unpaired) electrons. The van der Waals surface area contributed by atoms with Crippen molar-refractivity contribution >= 4 is 21.2 Å². The summed E-state index contributed by atoms with van der Waals surface area (Å²) >= 11 is 0. The second-order valence-corrected chi connectivity index (χ2v) is 10.4. The predicted octanol–water partition coefficient (Wildman–Crippen LogP) is 4.39. The smallest absolute Gasteiger partial charge is 0.240 e. The quantitative estimate of drug-likeness (QED) is 0.379. The Balaban J connectivity index is 1.46. The van der Waals surface area contributed by atoms with E-state index >= 15 is 0 Å². The van der Waals surface area contributed by atoms with Crippen LogP contribution in [0.3, 0.4) is 0 Å². The Morgan fingerprint density at radius 3 is 2.39 bits per heavy atom. The molecular formula is C26H30N4O2S. The zero-order valence-corrected chi connectivity index (χ0v) is 19.9. The molecule has 7 heteroatoms. The zero-order chi connectivity index (χ0) is 23.3. The SMILES string of the molecule is CC(C)Cc1ccc(S(=O)(=O)NCCn2c(CCc3ccccc3)nc3cccnc32)cc1. The number of nitrogens with zero attached hydrogens (tertiary/aromatic N) is 3. The van der Waals surface area contributed by atoms with Gasteiger partial charge in [0.05, 0.1) is 4.90 Å². The van der Waals surface area contributed by atoms with Crippen molar-refractivity contribution in [3.63, 3.8) is 0 Å². The van der Waals surface area contributed by atoms with Crippen molar-refractivity contribution in [3.05, 3.63) is 89.9 Å². The van der Waals surface area contributed by atoms with E-state index in [0.29, 0.717) is 12.5 Å². The highest BCUT2D eigenvalue weighted by Crippen LogP contribution is 2.17. The average Bonchev–Trinajstić information content (AvgIpc) is 3.16. The molecule has 172 valence electrons. The predicted molar refractivity (Wildman–Crippen MR) is 132 cm³/mol.